The van der Waals surface area contributed by atoms with Gasteiger partial charge in [0.15, 0.2) is 0 Å². The van der Waals surface area contributed by atoms with Crippen molar-refractivity contribution in [2.24, 2.45) is 0 Å². The van der Waals surface area contributed by atoms with Gasteiger partial charge in [0.05, 0.1) is 12.2 Å². The Hall–Kier alpha value is -1.84. The SMILES string of the molecule is CCOC(=O)c1ccc(OC=O)cc1. The quantitative estimate of drug-likeness (QED) is 0.537. The molecule has 0 aromatic heterocycles. The van der Waals surface area contributed by atoms with Gasteiger partial charge in [-0.15, -0.1) is 0 Å². The summed E-state index contributed by atoms with van der Waals surface area (Å²) in [5.41, 5.74) is 0.435. The molecule has 0 spiro atoms. The molecular formula is C10H10O4. The van der Waals surface area contributed by atoms with Gasteiger partial charge >= 0.3 is 5.97 Å². The number of carbonyl (C=O) groups excluding carboxylic acids is 2. The number of hydrogen-bond donors (Lipinski definition) is 0. The standard InChI is InChI=1S/C10H10O4/c1-2-13-10(12)8-3-5-9(6-4-8)14-7-11/h3-7H,2H2,1H3. The van der Waals surface area contributed by atoms with E-state index < -0.39 is 0 Å². The van der Waals surface area contributed by atoms with Crippen molar-refractivity contribution >= 4 is 12.4 Å². The van der Waals surface area contributed by atoms with E-state index in [9.17, 15) is 9.59 Å². The highest BCUT2D eigenvalue weighted by atomic mass is 16.5. The van der Waals surface area contributed by atoms with Crippen LogP contribution < -0.4 is 4.74 Å². The fraction of sp³-hybridized carbons (Fsp3) is 0.200. The van der Waals surface area contributed by atoms with Crippen LogP contribution in [0.1, 0.15) is 17.3 Å². The summed E-state index contributed by atoms with van der Waals surface area (Å²) in [4.78, 5) is 21.2. The first-order valence-electron chi connectivity index (χ1n) is 4.15. The second kappa shape index (κ2) is 5.01. The minimum absolute atomic E-state index is 0.333. The van der Waals surface area contributed by atoms with E-state index in [0.29, 0.717) is 24.4 Å². The second-order valence-electron chi connectivity index (χ2n) is 2.46. The normalized spacial score (nSPS) is 9.21. The molecule has 0 fully saturated rings. The van der Waals surface area contributed by atoms with Gasteiger partial charge in [0.25, 0.3) is 6.47 Å². The summed E-state index contributed by atoms with van der Waals surface area (Å²) in [5, 5.41) is 0. The summed E-state index contributed by atoms with van der Waals surface area (Å²) in [5.74, 6) is 0.0122. The van der Waals surface area contributed by atoms with Gasteiger partial charge in [-0.2, -0.15) is 0 Å². The van der Waals surface area contributed by atoms with E-state index in [-0.39, 0.29) is 5.97 Å². The Bertz CT molecular complexity index is 315. The first kappa shape index (κ1) is 10.2. The van der Waals surface area contributed by atoms with E-state index in [2.05, 4.69) is 4.74 Å². The molecule has 0 radical (unpaired) electrons. The highest BCUT2D eigenvalue weighted by Gasteiger charge is 2.05. The van der Waals surface area contributed by atoms with Crippen molar-refractivity contribution in [3.63, 3.8) is 0 Å². The molecule has 0 bridgehead atoms. The molecule has 0 atom stereocenters. The molecule has 0 saturated carbocycles. The molecule has 1 aromatic carbocycles. The van der Waals surface area contributed by atoms with Crippen LogP contribution in [0.2, 0.25) is 0 Å². The van der Waals surface area contributed by atoms with Crippen molar-refractivity contribution in [3.8, 4) is 5.75 Å². The lowest BCUT2D eigenvalue weighted by Gasteiger charge is -2.01. The first-order valence-corrected chi connectivity index (χ1v) is 4.15. The van der Waals surface area contributed by atoms with Crippen molar-refractivity contribution in [2.75, 3.05) is 6.61 Å². The molecule has 4 heteroatoms. The van der Waals surface area contributed by atoms with E-state index in [0.717, 1.165) is 0 Å². The van der Waals surface area contributed by atoms with Gasteiger partial charge < -0.3 is 9.47 Å². The van der Waals surface area contributed by atoms with Gasteiger partial charge in [0.2, 0.25) is 0 Å². The minimum atomic E-state index is -0.384. The van der Waals surface area contributed by atoms with E-state index in [1.807, 2.05) is 0 Å². The molecule has 0 aliphatic carbocycles. The minimum Gasteiger partial charge on any atom is -0.462 e. The van der Waals surface area contributed by atoms with Gasteiger partial charge in [-0.1, -0.05) is 0 Å². The number of esters is 1. The average molecular weight is 194 g/mol. The van der Waals surface area contributed by atoms with Crippen LogP contribution in [0.4, 0.5) is 0 Å². The third kappa shape index (κ3) is 2.58. The molecule has 1 aromatic rings. The molecule has 74 valence electrons. The summed E-state index contributed by atoms with van der Waals surface area (Å²) in [6, 6.07) is 6.13. The van der Waals surface area contributed by atoms with E-state index >= 15 is 0 Å². The summed E-state index contributed by atoms with van der Waals surface area (Å²) < 4.78 is 9.35. The first-order chi connectivity index (χ1) is 6.77. The Balaban J connectivity index is 2.72. The molecule has 0 saturated heterocycles. The van der Waals surface area contributed by atoms with Crippen LogP contribution in [0.15, 0.2) is 24.3 Å². The van der Waals surface area contributed by atoms with Crippen molar-refractivity contribution < 1.29 is 19.1 Å². The van der Waals surface area contributed by atoms with Crippen molar-refractivity contribution in [1.82, 2.24) is 0 Å². The Morgan fingerprint density at radius 1 is 1.36 bits per heavy atom. The third-order valence-electron chi connectivity index (χ3n) is 1.55. The molecule has 0 heterocycles. The molecule has 4 nitrogen and oxygen atoms in total. The van der Waals surface area contributed by atoms with Crippen molar-refractivity contribution in [3.05, 3.63) is 29.8 Å². The van der Waals surface area contributed by atoms with Crippen LogP contribution in [0.25, 0.3) is 0 Å². The van der Waals surface area contributed by atoms with Crippen molar-refractivity contribution in [2.45, 2.75) is 6.92 Å². The van der Waals surface area contributed by atoms with Gasteiger partial charge in [-0.05, 0) is 31.2 Å². The predicted octanol–water partition coefficient (Wildman–Crippen LogP) is 1.40. The molecule has 0 aliphatic rings. The zero-order chi connectivity index (χ0) is 10.4. The maximum absolute atomic E-state index is 11.2. The van der Waals surface area contributed by atoms with Gasteiger partial charge in [-0.25, -0.2) is 4.79 Å². The van der Waals surface area contributed by atoms with Crippen LogP contribution in [-0.2, 0) is 9.53 Å². The van der Waals surface area contributed by atoms with Crippen LogP contribution in [-0.4, -0.2) is 19.0 Å². The van der Waals surface area contributed by atoms with Gasteiger partial charge in [0.1, 0.15) is 5.75 Å². The van der Waals surface area contributed by atoms with E-state index in [4.69, 9.17) is 4.74 Å². The maximum Gasteiger partial charge on any atom is 0.338 e. The highest BCUT2D eigenvalue weighted by Crippen LogP contribution is 2.11. The smallest absolute Gasteiger partial charge is 0.338 e. The van der Waals surface area contributed by atoms with Crippen LogP contribution in [0, 0.1) is 0 Å². The average Bonchev–Trinajstić information content (AvgIpc) is 2.20. The van der Waals surface area contributed by atoms with E-state index in [1.54, 1.807) is 6.92 Å². The zero-order valence-corrected chi connectivity index (χ0v) is 7.73. The Kier molecular flexibility index (Phi) is 3.67. The Morgan fingerprint density at radius 3 is 2.50 bits per heavy atom. The lowest BCUT2D eigenvalue weighted by molar-refractivity contribution is -0.120. The number of carbonyl (C=O) groups is 2. The second-order valence-corrected chi connectivity index (χ2v) is 2.46. The highest BCUT2D eigenvalue weighted by molar-refractivity contribution is 5.89. The fourth-order valence-corrected chi connectivity index (χ4v) is 0.940. The molecule has 0 amide bonds. The molecule has 1 rings (SSSR count). The van der Waals surface area contributed by atoms with E-state index in [1.165, 1.54) is 24.3 Å². The number of hydrogen-bond acceptors (Lipinski definition) is 4. The Morgan fingerprint density at radius 2 is 2.00 bits per heavy atom. The molecule has 0 N–H and O–H groups in total. The maximum atomic E-state index is 11.2. The van der Waals surface area contributed by atoms with Gasteiger partial charge in [0, 0.05) is 0 Å². The number of benzene rings is 1. The monoisotopic (exact) mass is 194 g/mol. The van der Waals surface area contributed by atoms with Crippen LogP contribution >= 0.6 is 0 Å². The largest absolute Gasteiger partial charge is 0.462 e. The fourth-order valence-electron chi connectivity index (χ4n) is 0.940. The molecular weight excluding hydrogens is 184 g/mol. The van der Waals surface area contributed by atoms with Gasteiger partial charge in [-0.3, -0.25) is 4.79 Å². The summed E-state index contributed by atoms with van der Waals surface area (Å²) in [6.45, 7) is 2.41. The Labute approximate surface area is 81.4 Å². The zero-order valence-electron chi connectivity index (χ0n) is 7.73. The summed E-state index contributed by atoms with van der Waals surface area (Å²) in [7, 11) is 0. The molecule has 0 unspecified atom stereocenters. The predicted molar refractivity (Wildman–Crippen MR) is 49.1 cm³/mol. The lowest BCUT2D eigenvalue weighted by atomic mass is 10.2. The molecule has 0 aliphatic heterocycles. The third-order valence-corrected chi connectivity index (χ3v) is 1.55. The number of rotatable bonds is 4. The number of ether oxygens (including phenoxy) is 2. The molecule has 14 heavy (non-hydrogen) atoms. The summed E-state index contributed by atoms with van der Waals surface area (Å²) in [6.07, 6.45) is 0. The van der Waals surface area contributed by atoms with Crippen molar-refractivity contribution in [1.29, 1.82) is 0 Å². The lowest BCUT2D eigenvalue weighted by Crippen LogP contribution is -2.04. The topological polar surface area (TPSA) is 52.6 Å². The summed E-state index contributed by atoms with van der Waals surface area (Å²) >= 11 is 0. The van der Waals surface area contributed by atoms with Crippen LogP contribution in [0.5, 0.6) is 5.75 Å². The van der Waals surface area contributed by atoms with Crippen LogP contribution in [0.3, 0.4) is 0 Å².